The number of nitrogens with zero attached hydrogens (tertiary/aromatic N) is 4. The SMILES string of the molecule is CC(C)(N)c1cn(C2CCN(C(=O)C3CCCCC3)CC2)nn1.O=C(O)C(F)(F)F. The monoisotopic (exact) mass is 433 g/mol. The fraction of sp³-hybridized carbons (Fsp3) is 0.789. The average Bonchev–Trinajstić information content (AvgIpc) is 3.19. The second-order valence-corrected chi connectivity index (χ2v) is 8.50. The van der Waals surface area contributed by atoms with Gasteiger partial charge in [0.1, 0.15) is 5.69 Å². The first-order valence-electron chi connectivity index (χ1n) is 10.2. The van der Waals surface area contributed by atoms with Gasteiger partial charge in [0.25, 0.3) is 0 Å². The Morgan fingerprint density at radius 2 is 1.63 bits per heavy atom. The fourth-order valence-electron chi connectivity index (χ4n) is 3.71. The predicted octanol–water partition coefficient (Wildman–Crippen LogP) is 2.85. The summed E-state index contributed by atoms with van der Waals surface area (Å²) in [6, 6.07) is 0.328. The van der Waals surface area contributed by atoms with Crippen molar-refractivity contribution in [1.29, 1.82) is 0 Å². The van der Waals surface area contributed by atoms with Crippen LogP contribution < -0.4 is 5.73 Å². The highest BCUT2D eigenvalue weighted by atomic mass is 19.4. The number of hydrogen-bond acceptors (Lipinski definition) is 5. The fourth-order valence-corrected chi connectivity index (χ4v) is 3.71. The molecular weight excluding hydrogens is 403 g/mol. The zero-order valence-electron chi connectivity index (χ0n) is 17.4. The van der Waals surface area contributed by atoms with E-state index in [-0.39, 0.29) is 5.92 Å². The maximum absolute atomic E-state index is 12.6. The van der Waals surface area contributed by atoms with Crippen molar-refractivity contribution < 1.29 is 27.9 Å². The second-order valence-electron chi connectivity index (χ2n) is 8.50. The van der Waals surface area contributed by atoms with Crippen LogP contribution in [0.1, 0.15) is 70.5 Å². The van der Waals surface area contributed by atoms with Gasteiger partial charge in [0.2, 0.25) is 5.91 Å². The van der Waals surface area contributed by atoms with Gasteiger partial charge in [-0.25, -0.2) is 9.48 Å². The summed E-state index contributed by atoms with van der Waals surface area (Å²) >= 11 is 0. The molecule has 30 heavy (non-hydrogen) atoms. The van der Waals surface area contributed by atoms with E-state index in [1.807, 2.05) is 24.7 Å². The van der Waals surface area contributed by atoms with Crippen molar-refractivity contribution in [3.63, 3.8) is 0 Å². The number of aromatic nitrogens is 3. The van der Waals surface area contributed by atoms with Crippen LogP contribution in [0.25, 0.3) is 0 Å². The molecule has 1 saturated carbocycles. The molecule has 0 radical (unpaired) electrons. The number of piperidine rings is 1. The Morgan fingerprint density at radius 1 is 1.10 bits per heavy atom. The van der Waals surface area contributed by atoms with E-state index in [1.54, 1.807) is 0 Å². The van der Waals surface area contributed by atoms with Crippen LogP contribution in [0, 0.1) is 5.92 Å². The molecule has 2 aliphatic rings. The summed E-state index contributed by atoms with van der Waals surface area (Å²) in [7, 11) is 0. The van der Waals surface area contributed by atoms with E-state index in [9.17, 15) is 18.0 Å². The summed E-state index contributed by atoms with van der Waals surface area (Å²) in [4.78, 5) is 23.6. The van der Waals surface area contributed by atoms with Crippen LogP contribution in [0.4, 0.5) is 13.2 Å². The van der Waals surface area contributed by atoms with Crippen molar-refractivity contribution >= 4 is 11.9 Å². The van der Waals surface area contributed by atoms with Crippen LogP contribution >= 0.6 is 0 Å². The van der Waals surface area contributed by atoms with Gasteiger partial charge < -0.3 is 15.7 Å². The number of alkyl halides is 3. The third-order valence-electron chi connectivity index (χ3n) is 5.52. The lowest BCUT2D eigenvalue weighted by molar-refractivity contribution is -0.192. The van der Waals surface area contributed by atoms with Gasteiger partial charge in [0.15, 0.2) is 0 Å². The van der Waals surface area contributed by atoms with Crippen LogP contribution in [-0.4, -0.2) is 56.1 Å². The van der Waals surface area contributed by atoms with Gasteiger partial charge >= 0.3 is 12.1 Å². The smallest absolute Gasteiger partial charge is 0.475 e. The summed E-state index contributed by atoms with van der Waals surface area (Å²) in [6.45, 7) is 5.54. The van der Waals surface area contributed by atoms with Gasteiger partial charge in [0.05, 0.1) is 17.8 Å². The van der Waals surface area contributed by atoms with Gasteiger partial charge in [-0.1, -0.05) is 24.5 Å². The first-order valence-corrected chi connectivity index (χ1v) is 10.2. The van der Waals surface area contributed by atoms with E-state index in [0.717, 1.165) is 44.5 Å². The summed E-state index contributed by atoms with van der Waals surface area (Å²) < 4.78 is 33.7. The van der Waals surface area contributed by atoms with Gasteiger partial charge in [-0.3, -0.25) is 4.79 Å². The molecule has 0 bridgehead atoms. The molecule has 1 saturated heterocycles. The second kappa shape index (κ2) is 9.76. The molecule has 0 unspecified atom stereocenters. The quantitative estimate of drug-likeness (QED) is 0.758. The third kappa shape index (κ3) is 6.68. The zero-order chi connectivity index (χ0) is 22.5. The van der Waals surface area contributed by atoms with Crippen molar-refractivity contribution in [2.75, 3.05) is 13.1 Å². The lowest BCUT2D eigenvalue weighted by atomic mass is 9.87. The molecule has 0 atom stereocenters. The van der Waals surface area contributed by atoms with E-state index in [4.69, 9.17) is 15.6 Å². The Hall–Kier alpha value is -2.17. The number of nitrogens with two attached hydrogens (primary N) is 1. The van der Waals surface area contributed by atoms with Crippen LogP contribution in [0.3, 0.4) is 0 Å². The maximum Gasteiger partial charge on any atom is 0.490 e. The van der Waals surface area contributed by atoms with Crippen molar-refractivity contribution in [3.8, 4) is 0 Å². The minimum absolute atomic E-state index is 0.274. The van der Waals surface area contributed by atoms with Gasteiger partial charge in [0, 0.05) is 19.0 Å². The minimum Gasteiger partial charge on any atom is -0.475 e. The Labute approximate surface area is 173 Å². The largest absolute Gasteiger partial charge is 0.490 e. The summed E-state index contributed by atoms with van der Waals surface area (Å²) in [5, 5.41) is 15.6. The highest BCUT2D eigenvalue weighted by Crippen LogP contribution is 2.29. The van der Waals surface area contributed by atoms with Gasteiger partial charge in [-0.15, -0.1) is 5.10 Å². The number of carboxylic acid groups (broad SMARTS) is 1. The minimum atomic E-state index is -5.08. The number of hydrogen-bond donors (Lipinski definition) is 2. The number of carboxylic acids is 1. The molecule has 2 fully saturated rings. The number of carbonyl (C=O) groups is 2. The molecule has 1 aliphatic heterocycles. The van der Waals surface area contributed by atoms with E-state index >= 15 is 0 Å². The lowest BCUT2D eigenvalue weighted by Gasteiger charge is -2.35. The molecule has 8 nitrogen and oxygen atoms in total. The number of likely N-dealkylation sites (tertiary alicyclic amines) is 1. The van der Waals surface area contributed by atoms with E-state index in [2.05, 4.69) is 15.2 Å². The molecule has 3 rings (SSSR count). The predicted molar refractivity (Wildman–Crippen MR) is 102 cm³/mol. The number of aliphatic carboxylic acids is 1. The van der Waals surface area contributed by atoms with E-state index < -0.39 is 17.7 Å². The molecule has 1 aliphatic carbocycles. The topological polar surface area (TPSA) is 114 Å². The highest BCUT2D eigenvalue weighted by Gasteiger charge is 2.38. The lowest BCUT2D eigenvalue weighted by Crippen LogP contribution is -2.42. The van der Waals surface area contributed by atoms with Gasteiger partial charge in [-0.2, -0.15) is 13.2 Å². The van der Waals surface area contributed by atoms with Crippen molar-refractivity contribution in [3.05, 3.63) is 11.9 Å². The number of amides is 1. The van der Waals surface area contributed by atoms with Gasteiger partial charge in [-0.05, 0) is 39.5 Å². The molecule has 0 aromatic carbocycles. The molecular formula is C19H30F3N5O3. The standard InChI is InChI=1S/C17H29N5O.C2HF3O2/c1-17(2,18)15-12-22(20-19-15)14-8-10-21(11-9-14)16(23)13-6-4-3-5-7-13;3-2(4,5)1(6)7/h12-14H,3-11,18H2,1-2H3;(H,6,7). The highest BCUT2D eigenvalue weighted by molar-refractivity contribution is 5.79. The molecule has 1 aromatic heterocycles. The molecule has 0 spiro atoms. The Kier molecular flexibility index (Phi) is 7.84. The Balaban J connectivity index is 0.000000396. The normalized spacial score (nSPS) is 19.2. The number of carbonyl (C=O) groups excluding carboxylic acids is 1. The van der Waals surface area contributed by atoms with E-state index in [0.29, 0.717) is 11.9 Å². The summed E-state index contributed by atoms with van der Waals surface area (Å²) in [6.07, 6.45) is 4.65. The summed E-state index contributed by atoms with van der Waals surface area (Å²) in [5.41, 5.74) is 6.43. The molecule has 1 amide bonds. The number of halogens is 3. The molecule has 3 N–H and O–H groups in total. The molecule has 2 heterocycles. The molecule has 1 aromatic rings. The Morgan fingerprint density at radius 3 is 2.07 bits per heavy atom. The molecule has 11 heteroatoms. The van der Waals surface area contributed by atoms with Crippen molar-refractivity contribution in [2.24, 2.45) is 11.7 Å². The Bertz CT molecular complexity index is 716. The third-order valence-corrected chi connectivity index (χ3v) is 5.52. The molecule has 170 valence electrons. The number of rotatable bonds is 3. The maximum atomic E-state index is 12.6. The van der Waals surface area contributed by atoms with Crippen LogP contribution in [0.2, 0.25) is 0 Å². The average molecular weight is 433 g/mol. The summed E-state index contributed by atoms with van der Waals surface area (Å²) in [5.74, 6) is -2.10. The van der Waals surface area contributed by atoms with Crippen LogP contribution in [-0.2, 0) is 15.1 Å². The van der Waals surface area contributed by atoms with Crippen molar-refractivity contribution in [2.45, 2.75) is 76.6 Å². The van der Waals surface area contributed by atoms with Crippen LogP contribution in [0.5, 0.6) is 0 Å². The van der Waals surface area contributed by atoms with Crippen molar-refractivity contribution in [1.82, 2.24) is 19.9 Å². The first kappa shape index (κ1) is 24.1. The first-order chi connectivity index (χ1) is 13.9. The van der Waals surface area contributed by atoms with E-state index in [1.165, 1.54) is 19.3 Å². The van der Waals surface area contributed by atoms with Crippen LogP contribution in [0.15, 0.2) is 6.20 Å². The zero-order valence-corrected chi connectivity index (χ0v) is 17.4.